The average molecular weight is 150 g/mol. The third kappa shape index (κ3) is 2.78. The number of hydrogen-bond donors (Lipinski definition) is 0. The summed E-state index contributed by atoms with van der Waals surface area (Å²) in [4.78, 5) is 0. The molecule has 0 spiro atoms. The molecule has 1 aliphatic carbocycles. The van der Waals surface area contributed by atoms with E-state index in [1.54, 1.807) is 0 Å². The number of hydrogen-bond acceptors (Lipinski definition) is 1. The fourth-order valence-electron chi connectivity index (χ4n) is 1.41. The maximum Gasteiger partial charge on any atom is 0.107 e. The summed E-state index contributed by atoms with van der Waals surface area (Å²) in [6.07, 6.45) is 9.93. The lowest BCUT2D eigenvalue weighted by atomic mass is 9.94. The van der Waals surface area contributed by atoms with Gasteiger partial charge in [-0.25, -0.2) is 0 Å². The highest BCUT2D eigenvalue weighted by Crippen LogP contribution is 2.23. The summed E-state index contributed by atoms with van der Waals surface area (Å²) in [7, 11) is 0. The Hall–Kier alpha value is -0.740. The Bertz CT molecular complexity index is 176. The molecule has 1 heteroatoms. The van der Waals surface area contributed by atoms with E-state index < -0.39 is 0 Å². The lowest BCUT2D eigenvalue weighted by Gasteiger charge is -2.22. The first-order chi connectivity index (χ1) is 5.33. The molecule has 1 nitrogen and oxygen atoms in total. The van der Waals surface area contributed by atoms with Gasteiger partial charge in [-0.3, -0.25) is 0 Å². The summed E-state index contributed by atoms with van der Waals surface area (Å²) in [5.41, 5.74) is 1.30. The molecule has 0 aliphatic heterocycles. The molecule has 0 bridgehead atoms. The van der Waals surface area contributed by atoms with E-state index in [0.29, 0.717) is 12.7 Å². The molecule has 0 radical (unpaired) electrons. The standard InChI is InChI=1S/C10H14O/c1-3-7-11-10-6-4-5-9(2)8-10/h1,10H,2,4-8H2. The van der Waals surface area contributed by atoms with Crippen molar-refractivity contribution in [2.75, 3.05) is 6.61 Å². The van der Waals surface area contributed by atoms with Crippen LogP contribution in [0, 0.1) is 12.3 Å². The molecule has 0 aromatic heterocycles. The molecule has 11 heavy (non-hydrogen) atoms. The summed E-state index contributed by atoms with van der Waals surface area (Å²) in [6, 6.07) is 0. The monoisotopic (exact) mass is 150 g/mol. The Kier molecular flexibility index (Phi) is 3.19. The molecule has 0 heterocycles. The van der Waals surface area contributed by atoms with Crippen molar-refractivity contribution >= 4 is 0 Å². The van der Waals surface area contributed by atoms with Crippen LogP contribution in [0.5, 0.6) is 0 Å². The molecule has 1 saturated carbocycles. The molecule has 1 rings (SSSR count). The van der Waals surface area contributed by atoms with Crippen molar-refractivity contribution in [3.8, 4) is 12.3 Å². The van der Waals surface area contributed by atoms with E-state index in [1.165, 1.54) is 12.0 Å². The van der Waals surface area contributed by atoms with Gasteiger partial charge in [0.2, 0.25) is 0 Å². The topological polar surface area (TPSA) is 9.23 Å². The van der Waals surface area contributed by atoms with Crippen LogP contribution in [0.1, 0.15) is 25.7 Å². The van der Waals surface area contributed by atoms with Crippen molar-refractivity contribution in [3.63, 3.8) is 0 Å². The first kappa shape index (κ1) is 8.36. The van der Waals surface area contributed by atoms with Crippen LogP contribution in [-0.4, -0.2) is 12.7 Å². The predicted octanol–water partition coefficient (Wildman–Crippen LogP) is 2.13. The molecule has 0 N–H and O–H groups in total. The molecule has 1 atom stereocenters. The summed E-state index contributed by atoms with van der Waals surface area (Å²) in [5.74, 6) is 2.48. The first-order valence-corrected chi connectivity index (χ1v) is 4.04. The van der Waals surface area contributed by atoms with Crippen LogP contribution in [0.2, 0.25) is 0 Å². The maximum absolute atomic E-state index is 5.41. The van der Waals surface area contributed by atoms with Crippen molar-refractivity contribution < 1.29 is 4.74 Å². The molecule has 1 aliphatic rings. The number of rotatable bonds is 2. The van der Waals surface area contributed by atoms with Crippen molar-refractivity contribution in [1.82, 2.24) is 0 Å². The van der Waals surface area contributed by atoms with Gasteiger partial charge in [0.1, 0.15) is 6.61 Å². The normalized spacial score (nSPS) is 24.6. The van der Waals surface area contributed by atoms with Crippen LogP contribution in [0.15, 0.2) is 12.2 Å². The summed E-state index contributed by atoms with van der Waals surface area (Å²) < 4.78 is 5.41. The van der Waals surface area contributed by atoms with Crippen LogP contribution in [0.3, 0.4) is 0 Å². The van der Waals surface area contributed by atoms with Crippen LogP contribution in [0.25, 0.3) is 0 Å². The smallest absolute Gasteiger partial charge is 0.107 e. The lowest BCUT2D eigenvalue weighted by molar-refractivity contribution is 0.0624. The van der Waals surface area contributed by atoms with Gasteiger partial charge < -0.3 is 4.74 Å². The van der Waals surface area contributed by atoms with Gasteiger partial charge in [0.05, 0.1) is 6.10 Å². The molecular weight excluding hydrogens is 136 g/mol. The van der Waals surface area contributed by atoms with E-state index in [4.69, 9.17) is 11.2 Å². The second kappa shape index (κ2) is 4.20. The van der Waals surface area contributed by atoms with Gasteiger partial charge in [0.25, 0.3) is 0 Å². The van der Waals surface area contributed by atoms with Gasteiger partial charge in [0.15, 0.2) is 0 Å². The second-order valence-electron chi connectivity index (χ2n) is 2.98. The molecule has 0 aromatic rings. The van der Waals surface area contributed by atoms with E-state index in [9.17, 15) is 0 Å². The number of terminal acetylenes is 1. The highest BCUT2D eigenvalue weighted by molar-refractivity contribution is 5.00. The van der Waals surface area contributed by atoms with E-state index in [2.05, 4.69) is 12.5 Å². The van der Waals surface area contributed by atoms with E-state index in [1.807, 2.05) is 0 Å². The number of ether oxygens (including phenoxy) is 1. The molecule has 0 saturated heterocycles. The average Bonchev–Trinajstić information content (AvgIpc) is 2.01. The minimum absolute atomic E-state index is 0.340. The third-order valence-corrected chi connectivity index (χ3v) is 1.98. The Labute approximate surface area is 68.4 Å². The van der Waals surface area contributed by atoms with Crippen molar-refractivity contribution in [2.24, 2.45) is 0 Å². The molecular formula is C10H14O. The van der Waals surface area contributed by atoms with Crippen LogP contribution < -0.4 is 0 Å². The fourth-order valence-corrected chi connectivity index (χ4v) is 1.41. The minimum atomic E-state index is 0.340. The molecule has 0 aromatic carbocycles. The van der Waals surface area contributed by atoms with Gasteiger partial charge in [-0.2, -0.15) is 0 Å². The second-order valence-corrected chi connectivity index (χ2v) is 2.98. The fraction of sp³-hybridized carbons (Fsp3) is 0.600. The van der Waals surface area contributed by atoms with Crippen molar-refractivity contribution in [1.29, 1.82) is 0 Å². The lowest BCUT2D eigenvalue weighted by Crippen LogP contribution is -2.17. The molecule has 1 fully saturated rings. The summed E-state index contributed by atoms with van der Waals surface area (Å²) in [5, 5.41) is 0. The largest absolute Gasteiger partial charge is 0.365 e. The van der Waals surface area contributed by atoms with Gasteiger partial charge in [0, 0.05) is 0 Å². The Morgan fingerprint density at radius 3 is 3.18 bits per heavy atom. The highest BCUT2D eigenvalue weighted by Gasteiger charge is 2.15. The maximum atomic E-state index is 5.41. The highest BCUT2D eigenvalue weighted by atomic mass is 16.5. The third-order valence-electron chi connectivity index (χ3n) is 1.98. The van der Waals surface area contributed by atoms with Gasteiger partial charge in [-0.1, -0.05) is 18.1 Å². The quantitative estimate of drug-likeness (QED) is 0.433. The Morgan fingerprint density at radius 1 is 1.73 bits per heavy atom. The van der Waals surface area contributed by atoms with Crippen molar-refractivity contribution in [3.05, 3.63) is 12.2 Å². The zero-order chi connectivity index (χ0) is 8.10. The summed E-state index contributed by atoms with van der Waals surface area (Å²) in [6.45, 7) is 4.38. The Morgan fingerprint density at radius 2 is 2.55 bits per heavy atom. The molecule has 60 valence electrons. The summed E-state index contributed by atoms with van der Waals surface area (Å²) >= 11 is 0. The van der Waals surface area contributed by atoms with Crippen molar-refractivity contribution in [2.45, 2.75) is 31.8 Å². The first-order valence-electron chi connectivity index (χ1n) is 4.04. The minimum Gasteiger partial charge on any atom is -0.365 e. The van der Waals surface area contributed by atoms with Crippen LogP contribution in [-0.2, 0) is 4.74 Å². The van der Waals surface area contributed by atoms with E-state index in [-0.39, 0.29) is 0 Å². The SMILES string of the molecule is C#CCOC1CCCC(=C)C1. The molecule has 0 amide bonds. The van der Waals surface area contributed by atoms with E-state index >= 15 is 0 Å². The van der Waals surface area contributed by atoms with Gasteiger partial charge in [-0.15, -0.1) is 6.42 Å². The molecule has 1 unspecified atom stereocenters. The Balaban J connectivity index is 2.24. The van der Waals surface area contributed by atoms with Crippen LogP contribution in [0.4, 0.5) is 0 Å². The van der Waals surface area contributed by atoms with Gasteiger partial charge in [-0.05, 0) is 25.7 Å². The predicted molar refractivity (Wildman–Crippen MR) is 46.2 cm³/mol. The zero-order valence-electron chi connectivity index (χ0n) is 6.81. The van der Waals surface area contributed by atoms with Crippen LogP contribution >= 0.6 is 0 Å². The van der Waals surface area contributed by atoms with E-state index in [0.717, 1.165) is 19.3 Å². The van der Waals surface area contributed by atoms with Gasteiger partial charge >= 0.3 is 0 Å². The zero-order valence-corrected chi connectivity index (χ0v) is 6.81.